The first-order valence-corrected chi connectivity index (χ1v) is 9.21. The van der Waals surface area contributed by atoms with E-state index in [2.05, 4.69) is 10.1 Å². The molecule has 9 heteroatoms. The Bertz CT molecular complexity index is 868. The highest BCUT2D eigenvalue weighted by atomic mass is 32.2. The van der Waals surface area contributed by atoms with Crippen LogP contribution in [-0.2, 0) is 41.8 Å². The number of fused-ring (bicyclic) bond motifs is 1. The SMILES string of the molecule is COCC1Cc2c(ncn2C)CN1S(=O)(=O)c1c(C)nn(C)c1C. The van der Waals surface area contributed by atoms with Crippen LogP contribution in [-0.4, -0.2) is 51.8 Å². The number of nitrogens with zero attached hydrogens (tertiary/aromatic N) is 5. The number of sulfonamides is 1. The third-order valence-electron chi connectivity index (χ3n) is 4.66. The van der Waals surface area contributed by atoms with Crippen molar-refractivity contribution in [2.24, 2.45) is 14.1 Å². The van der Waals surface area contributed by atoms with Gasteiger partial charge < -0.3 is 9.30 Å². The van der Waals surface area contributed by atoms with E-state index in [9.17, 15) is 8.42 Å². The molecule has 0 saturated carbocycles. The number of ether oxygens (including phenoxy) is 1. The van der Waals surface area contributed by atoms with E-state index in [4.69, 9.17) is 4.74 Å². The van der Waals surface area contributed by atoms with Gasteiger partial charge in [0.1, 0.15) is 4.90 Å². The van der Waals surface area contributed by atoms with E-state index in [-0.39, 0.29) is 17.5 Å². The molecular weight excluding hydrogens is 330 g/mol. The Morgan fingerprint density at radius 3 is 2.62 bits per heavy atom. The van der Waals surface area contributed by atoms with E-state index < -0.39 is 10.0 Å². The molecule has 0 aliphatic carbocycles. The maximum absolute atomic E-state index is 13.3. The van der Waals surface area contributed by atoms with Gasteiger partial charge in [0.15, 0.2) is 0 Å². The first kappa shape index (κ1) is 17.1. The maximum Gasteiger partial charge on any atom is 0.247 e. The number of rotatable bonds is 4. The number of hydrogen-bond acceptors (Lipinski definition) is 5. The van der Waals surface area contributed by atoms with Gasteiger partial charge in [0, 0.05) is 33.3 Å². The Kier molecular flexibility index (Phi) is 4.27. The van der Waals surface area contributed by atoms with Gasteiger partial charge in [0.2, 0.25) is 10.0 Å². The quantitative estimate of drug-likeness (QED) is 0.801. The molecule has 0 amide bonds. The Morgan fingerprint density at radius 1 is 1.33 bits per heavy atom. The van der Waals surface area contributed by atoms with Crippen molar-refractivity contribution < 1.29 is 13.2 Å². The van der Waals surface area contributed by atoms with Crippen LogP contribution in [0.25, 0.3) is 0 Å². The van der Waals surface area contributed by atoms with Crippen LogP contribution >= 0.6 is 0 Å². The molecule has 0 spiro atoms. The summed E-state index contributed by atoms with van der Waals surface area (Å²) in [6.45, 7) is 4.08. The molecule has 0 aromatic carbocycles. The summed E-state index contributed by atoms with van der Waals surface area (Å²) in [5, 5.41) is 4.25. The summed E-state index contributed by atoms with van der Waals surface area (Å²) >= 11 is 0. The molecule has 1 atom stereocenters. The van der Waals surface area contributed by atoms with Crippen LogP contribution in [0.5, 0.6) is 0 Å². The molecule has 3 heterocycles. The van der Waals surface area contributed by atoms with Crippen LogP contribution in [0.4, 0.5) is 0 Å². The smallest absolute Gasteiger partial charge is 0.247 e. The zero-order chi connectivity index (χ0) is 17.6. The minimum absolute atomic E-state index is 0.250. The fourth-order valence-electron chi connectivity index (χ4n) is 3.36. The Hall–Kier alpha value is -1.71. The lowest BCUT2D eigenvalue weighted by molar-refractivity contribution is 0.122. The average Bonchev–Trinajstić information content (AvgIpc) is 2.99. The van der Waals surface area contributed by atoms with Gasteiger partial charge in [-0.2, -0.15) is 9.40 Å². The third-order valence-corrected chi connectivity index (χ3v) is 6.81. The second-order valence-corrected chi connectivity index (χ2v) is 8.06. The predicted octanol–water partition coefficient (Wildman–Crippen LogP) is 0.532. The normalized spacial score (nSPS) is 18.8. The topological polar surface area (TPSA) is 82.2 Å². The Balaban J connectivity index is 2.08. The molecule has 1 unspecified atom stereocenters. The van der Waals surface area contributed by atoms with Crippen molar-refractivity contribution in [1.29, 1.82) is 0 Å². The second-order valence-electron chi connectivity index (χ2n) is 6.24. The molecule has 2 aromatic rings. The molecule has 1 aliphatic rings. The van der Waals surface area contributed by atoms with Crippen LogP contribution < -0.4 is 0 Å². The van der Waals surface area contributed by atoms with Crippen molar-refractivity contribution in [3.8, 4) is 0 Å². The maximum atomic E-state index is 13.3. The van der Waals surface area contributed by atoms with E-state index >= 15 is 0 Å². The van der Waals surface area contributed by atoms with E-state index in [1.807, 2.05) is 11.6 Å². The van der Waals surface area contributed by atoms with Gasteiger partial charge in [-0.25, -0.2) is 13.4 Å². The second kappa shape index (κ2) is 5.98. The van der Waals surface area contributed by atoms with Gasteiger partial charge in [-0.1, -0.05) is 0 Å². The molecule has 0 bridgehead atoms. The highest BCUT2D eigenvalue weighted by Crippen LogP contribution is 2.31. The van der Waals surface area contributed by atoms with Crippen molar-refractivity contribution in [3.05, 3.63) is 29.1 Å². The molecule has 24 heavy (non-hydrogen) atoms. The van der Waals surface area contributed by atoms with Gasteiger partial charge in [-0.15, -0.1) is 0 Å². The van der Waals surface area contributed by atoms with Crippen molar-refractivity contribution in [3.63, 3.8) is 0 Å². The Labute approximate surface area is 142 Å². The predicted molar refractivity (Wildman–Crippen MR) is 88.0 cm³/mol. The molecule has 0 fully saturated rings. The van der Waals surface area contributed by atoms with Gasteiger partial charge in [0.25, 0.3) is 0 Å². The number of imidazole rings is 1. The standard InChI is InChI=1S/C15H23N5O3S/c1-10-15(11(2)19(4)17-10)24(21,22)20-7-13-14(18(3)9-16-13)6-12(20)8-23-5/h9,12H,6-8H2,1-5H3. The highest BCUT2D eigenvalue weighted by molar-refractivity contribution is 7.89. The van der Waals surface area contributed by atoms with Gasteiger partial charge in [0.05, 0.1) is 42.6 Å². The summed E-state index contributed by atoms with van der Waals surface area (Å²) in [5.41, 5.74) is 3.00. The number of hydrogen-bond donors (Lipinski definition) is 0. The van der Waals surface area contributed by atoms with Crippen LogP contribution in [0.3, 0.4) is 0 Å². The fraction of sp³-hybridized carbons (Fsp3) is 0.600. The highest BCUT2D eigenvalue weighted by Gasteiger charge is 2.39. The summed E-state index contributed by atoms with van der Waals surface area (Å²) in [6.07, 6.45) is 2.31. The summed E-state index contributed by atoms with van der Waals surface area (Å²) in [4.78, 5) is 4.64. The van der Waals surface area contributed by atoms with E-state index in [1.165, 1.54) is 4.31 Å². The zero-order valence-electron chi connectivity index (χ0n) is 14.6. The van der Waals surface area contributed by atoms with Crippen molar-refractivity contribution in [1.82, 2.24) is 23.6 Å². The first-order valence-electron chi connectivity index (χ1n) is 7.77. The average molecular weight is 353 g/mol. The van der Waals surface area contributed by atoms with Gasteiger partial charge in [-0.05, 0) is 13.8 Å². The van der Waals surface area contributed by atoms with Crippen molar-refractivity contribution in [2.75, 3.05) is 13.7 Å². The molecule has 3 rings (SSSR count). The molecule has 0 radical (unpaired) electrons. The van der Waals surface area contributed by atoms with Gasteiger partial charge >= 0.3 is 0 Å². The van der Waals surface area contributed by atoms with Crippen molar-refractivity contribution >= 4 is 10.0 Å². The van der Waals surface area contributed by atoms with Crippen LogP contribution in [0, 0.1) is 13.8 Å². The minimum Gasteiger partial charge on any atom is -0.383 e. The number of aromatic nitrogens is 4. The monoisotopic (exact) mass is 353 g/mol. The summed E-state index contributed by atoms with van der Waals surface area (Å²) in [5.74, 6) is 0. The lowest BCUT2D eigenvalue weighted by atomic mass is 10.1. The van der Waals surface area contributed by atoms with E-state index in [0.717, 1.165) is 11.4 Å². The molecule has 8 nitrogen and oxygen atoms in total. The van der Waals surface area contributed by atoms with E-state index in [1.54, 1.807) is 39.0 Å². The van der Waals surface area contributed by atoms with Crippen LogP contribution in [0.1, 0.15) is 22.8 Å². The lowest BCUT2D eigenvalue weighted by Crippen LogP contribution is -2.47. The lowest BCUT2D eigenvalue weighted by Gasteiger charge is -2.34. The Morgan fingerprint density at radius 2 is 2.04 bits per heavy atom. The zero-order valence-corrected chi connectivity index (χ0v) is 15.5. The molecule has 0 saturated heterocycles. The molecular formula is C15H23N5O3S. The number of aryl methyl sites for hydroxylation is 3. The molecule has 1 aliphatic heterocycles. The molecule has 2 aromatic heterocycles. The summed E-state index contributed by atoms with van der Waals surface area (Å²) in [7, 11) is 1.58. The minimum atomic E-state index is -3.69. The first-order chi connectivity index (χ1) is 11.3. The summed E-state index contributed by atoms with van der Waals surface area (Å²) < 4.78 is 37.0. The molecule has 0 N–H and O–H groups in total. The summed E-state index contributed by atoms with van der Waals surface area (Å²) in [6, 6.07) is -0.262. The van der Waals surface area contributed by atoms with Crippen LogP contribution in [0.15, 0.2) is 11.2 Å². The largest absolute Gasteiger partial charge is 0.383 e. The van der Waals surface area contributed by atoms with E-state index in [0.29, 0.717) is 24.4 Å². The van der Waals surface area contributed by atoms with Gasteiger partial charge in [-0.3, -0.25) is 4.68 Å². The van der Waals surface area contributed by atoms with Crippen molar-refractivity contribution in [2.45, 2.75) is 37.8 Å². The third kappa shape index (κ3) is 2.56. The van der Waals surface area contributed by atoms with Crippen LogP contribution in [0.2, 0.25) is 0 Å². The fourth-order valence-corrected chi connectivity index (χ4v) is 5.33. The number of methoxy groups -OCH3 is 1. The molecule has 132 valence electrons.